The van der Waals surface area contributed by atoms with E-state index in [0.717, 1.165) is 115 Å². The Morgan fingerprint density at radius 3 is 2.14 bits per heavy atom. The van der Waals surface area contributed by atoms with Crippen LogP contribution >= 0.6 is 0 Å². The highest BCUT2D eigenvalue weighted by Crippen LogP contribution is 2.53. The second-order valence-corrected chi connectivity index (χ2v) is 23.0. The van der Waals surface area contributed by atoms with Crippen molar-refractivity contribution >= 4 is 63.6 Å². The van der Waals surface area contributed by atoms with Crippen LogP contribution in [0.1, 0.15) is 122 Å². The Hall–Kier alpha value is -6.03. The number of imide groups is 1. The van der Waals surface area contributed by atoms with Gasteiger partial charge in [0.2, 0.25) is 23.6 Å². The van der Waals surface area contributed by atoms with E-state index < -0.39 is 16.9 Å². The maximum atomic E-state index is 15.3. The van der Waals surface area contributed by atoms with Crippen LogP contribution in [0.15, 0.2) is 54.9 Å². The minimum atomic E-state index is -0.684. The standard InChI is InChI=1S/C56H71N11O5/c1-36(2)66-35-57-46-34-45(59-50(49(46)66)58-39-8-9-39)38-7-14-44-47(31-38)67(43-32-42(33-43)61-22-5-4-6-23-61)53(71)56(44)20-29-64(30-21-56)52(70)55(3)18-27-63(28-19-55)51(69)37-15-24-62(25-16-37)40-10-12-41(13-11-40)65-26-17-48(68)60-54(65)72/h7,10-14,31,34-37,39,42-43H,4-6,8-9,15-30,32-33H2,1-3H3,(H,58,59)(H,60,68,72)/t42-,43+. The third kappa shape index (κ3) is 8.38. The number of fused-ring (bicyclic) bond motifs is 3. The third-order valence-electron chi connectivity index (χ3n) is 18.1. The van der Waals surface area contributed by atoms with Gasteiger partial charge in [0.25, 0.3) is 0 Å². The second-order valence-electron chi connectivity index (χ2n) is 23.0. The van der Waals surface area contributed by atoms with Gasteiger partial charge in [0, 0.05) is 110 Å². The number of hydrogen-bond acceptors (Lipinski definition) is 10. The number of carbonyl (C=O) groups excluding carboxylic acids is 5. The van der Waals surface area contributed by atoms with Gasteiger partial charge in [-0.1, -0.05) is 25.5 Å². The third-order valence-corrected chi connectivity index (χ3v) is 18.1. The minimum Gasteiger partial charge on any atom is -0.371 e. The molecular formula is C56H71N11O5. The van der Waals surface area contributed by atoms with Crippen LogP contribution in [-0.2, 0) is 24.6 Å². The molecule has 16 heteroatoms. The fourth-order valence-corrected chi connectivity index (χ4v) is 13.3. The monoisotopic (exact) mass is 978 g/mol. The zero-order valence-electron chi connectivity index (χ0n) is 42.4. The number of urea groups is 1. The van der Waals surface area contributed by atoms with Crippen molar-refractivity contribution in [3.63, 3.8) is 0 Å². The molecule has 16 nitrogen and oxygen atoms in total. The Labute approximate surface area is 422 Å². The molecule has 0 bridgehead atoms. The summed E-state index contributed by atoms with van der Waals surface area (Å²) in [5.74, 6) is 1.11. The van der Waals surface area contributed by atoms with Gasteiger partial charge in [0.15, 0.2) is 5.82 Å². The average Bonchev–Trinajstić information content (AvgIpc) is 4.05. The van der Waals surface area contributed by atoms with E-state index in [2.05, 4.69) is 74.9 Å². The van der Waals surface area contributed by atoms with E-state index in [9.17, 15) is 19.2 Å². The summed E-state index contributed by atoms with van der Waals surface area (Å²) < 4.78 is 2.20. The van der Waals surface area contributed by atoms with Crippen molar-refractivity contribution in [2.75, 3.05) is 78.9 Å². The van der Waals surface area contributed by atoms with E-state index in [1.54, 1.807) is 4.90 Å². The molecule has 4 aromatic rings. The van der Waals surface area contributed by atoms with Gasteiger partial charge in [-0.05, 0) is 146 Å². The van der Waals surface area contributed by atoms with Crippen molar-refractivity contribution in [3.05, 3.63) is 60.4 Å². The molecule has 7 fully saturated rings. The van der Waals surface area contributed by atoms with Crippen LogP contribution in [0, 0.1) is 11.3 Å². The van der Waals surface area contributed by atoms with Crippen molar-refractivity contribution in [1.82, 2.24) is 34.6 Å². The maximum Gasteiger partial charge on any atom is 0.328 e. The van der Waals surface area contributed by atoms with E-state index in [0.29, 0.717) is 70.5 Å². The fraction of sp³-hybridized carbons (Fsp3) is 0.589. The number of aromatic nitrogens is 3. The summed E-state index contributed by atoms with van der Waals surface area (Å²) in [7, 11) is 0. The highest BCUT2D eigenvalue weighted by molar-refractivity contribution is 6.10. The van der Waals surface area contributed by atoms with Crippen LogP contribution in [0.2, 0.25) is 0 Å². The smallest absolute Gasteiger partial charge is 0.328 e. The number of rotatable bonds is 10. The summed E-state index contributed by atoms with van der Waals surface area (Å²) in [6.07, 6.45) is 14.2. The maximum absolute atomic E-state index is 15.3. The highest BCUT2D eigenvalue weighted by Gasteiger charge is 2.56. The molecule has 2 saturated carbocycles. The van der Waals surface area contributed by atoms with Gasteiger partial charge >= 0.3 is 6.03 Å². The number of pyridine rings is 1. The number of carbonyl (C=O) groups is 5. The van der Waals surface area contributed by atoms with Gasteiger partial charge in [-0.15, -0.1) is 0 Å². The highest BCUT2D eigenvalue weighted by atomic mass is 16.2. The Bertz CT molecular complexity index is 2770. The van der Waals surface area contributed by atoms with E-state index in [1.165, 1.54) is 19.3 Å². The number of amides is 6. The Morgan fingerprint density at radius 2 is 1.46 bits per heavy atom. The van der Waals surface area contributed by atoms with Gasteiger partial charge < -0.3 is 34.4 Å². The number of nitrogens with zero attached hydrogens (tertiary/aromatic N) is 9. The lowest BCUT2D eigenvalue weighted by molar-refractivity contribution is -0.150. The van der Waals surface area contributed by atoms with Gasteiger partial charge in [0.1, 0.15) is 5.52 Å². The zero-order chi connectivity index (χ0) is 49.5. The zero-order valence-corrected chi connectivity index (χ0v) is 42.4. The van der Waals surface area contributed by atoms with Gasteiger partial charge in [-0.3, -0.25) is 29.4 Å². The van der Waals surface area contributed by atoms with Crippen LogP contribution in [0.25, 0.3) is 22.3 Å². The summed E-state index contributed by atoms with van der Waals surface area (Å²) in [5, 5.41) is 6.09. The average molecular weight is 978 g/mol. The predicted molar refractivity (Wildman–Crippen MR) is 278 cm³/mol. The first-order valence-electron chi connectivity index (χ1n) is 27.3. The molecule has 72 heavy (non-hydrogen) atoms. The molecule has 2 aromatic heterocycles. The number of benzene rings is 2. The number of hydrogen-bond donors (Lipinski definition) is 2. The number of piperidine rings is 4. The fourth-order valence-electron chi connectivity index (χ4n) is 13.3. The first-order chi connectivity index (χ1) is 34.9. The number of likely N-dealkylation sites (tertiary alicyclic amines) is 3. The topological polar surface area (TPSA) is 160 Å². The Balaban J connectivity index is 0.705. The molecule has 12 rings (SSSR count). The number of anilines is 4. The largest absolute Gasteiger partial charge is 0.371 e. The molecule has 0 unspecified atom stereocenters. The summed E-state index contributed by atoms with van der Waals surface area (Å²) in [5.41, 5.74) is 6.45. The van der Waals surface area contributed by atoms with Crippen LogP contribution in [-0.4, -0.2) is 136 Å². The SMILES string of the molecule is CC(C)n1cnc2cc(-c3ccc4c(c3)N([C@H]3C[C@@H](N5CCCCC5)C3)C(=O)C43CCN(C(=O)C4(C)CCN(C(=O)C5CCN(c6ccc(N7CCC(=O)NC7=O)cc6)CC5)CC4)CC3)nc(NC3CC3)c21. The van der Waals surface area contributed by atoms with Crippen molar-refractivity contribution in [2.45, 2.75) is 140 Å². The second kappa shape index (κ2) is 18.5. The summed E-state index contributed by atoms with van der Waals surface area (Å²) in [6, 6.07) is 17.5. The molecular weight excluding hydrogens is 907 g/mol. The first kappa shape index (κ1) is 47.0. The molecule has 8 aliphatic rings. The van der Waals surface area contributed by atoms with E-state index in [1.807, 2.05) is 40.4 Å². The molecule has 2 aromatic carbocycles. The number of imidazole rings is 1. The summed E-state index contributed by atoms with van der Waals surface area (Å²) in [4.78, 5) is 90.6. The molecule has 2 aliphatic carbocycles. The Kier molecular flexibility index (Phi) is 12.1. The van der Waals surface area contributed by atoms with Crippen LogP contribution in [0.5, 0.6) is 0 Å². The summed E-state index contributed by atoms with van der Waals surface area (Å²) in [6.45, 7) is 12.8. The van der Waals surface area contributed by atoms with Crippen molar-refractivity contribution in [3.8, 4) is 11.3 Å². The van der Waals surface area contributed by atoms with Gasteiger partial charge in [-0.2, -0.15) is 0 Å². The molecule has 8 heterocycles. The van der Waals surface area contributed by atoms with Crippen molar-refractivity contribution < 1.29 is 24.0 Å². The quantitative estimate of drug-likeness (QED) is 0.163. The lowest BCUT2D eigenvalue weighted by Crippen LogP contribution is -2.59. The molecule has 6 aliphatic heterocycles. The predicted octanol–water partition coefficient (Wildman–Crippen LogP) is 7.47. The first-order valence-corrected chi connectivity index (χ1v) is 27.3. The molecule has 5 saturated heterocycles. The lowest BCUT2D eigenvalue weighted by atomic mass is 9.72. The van der Waals surface area contributed by atoms with Crippen LogP contribution in [0.4, 0.5) is 27.7 Å². The molecule has 2 N–H and O–H groups in total. The van der Waals surface area contributed by atoms with Crippen LogP contribution < -0.4 is 25.3 Å². The van der Waals surface area contributed by atoms with E-state index in [-0.39, 0.29) is 48.1 Å². The van der Waals surface area contributed by atoms with Crippen molar-refractivity contribution in [1.29, 1.82) is 0 Å². The van der Waals surface area contributed by atoms with E-state index >= 15 is 4.79 Å². The molecule has 6 amide bonds. The van der Waals surface area contributed by atoms with Crippen molar-refractivity contribution in [2.24, 2.45) is 11.3 Å². The Morgan fingerprint density at radius 1 is 0.764 bits per heavy atom. The van der Waals surface area contributed by atoms with E-state index in [4.69, 9.17) is 9.97 Å². The number of nitrogens with one attached hydrogen (secondary N) is 2. The van der Waals surface area contributed by atoms with Gasteiger partial charge in [-0.25, -0.2) is 14.8 Å². The van der Waals surface area contributed by atoms with Crippen LogP contribution in [0.3, 0.4) is 0 Å². The molecule has 380 valence electrons. The molecule has 0 radical (unpaired) electrons. The summed E-state index contributed by atoms with van der Waals surface area (Å²) >= 11 is 0. The normalized spacial score (nSPS) is 24.8. The minimum absolute atomic E-state index is 0.0529. The molecule has 1 spiro atoms. The van der Waals surface area contributed by atoms with Gasteiger partial charge in [0.05, 0.1) is 23.0 Å². The lowest BCUT2D eigenvalue weighted by Gasteiger charge is -2.48. The molecule has 0 atom stereocenters.